The maximum atomic E-state index is 11.9. The third kappa shape index (κ3) is 4.31. The molecule has 0 aromatic carbocycles. The summed E-state index contributed by atoms with van der Waals surface area (Å²) in [4.78, 5) is 16.0. The second-order valence-electron chi connectivity index (χ2n) is 5.40. The molecule has 6 nitrogen and oxygen atoms in total. The molecule has 1 fully saturated rings. The number of aryl methyl sites for hydroxylation is 1. The molecule has 6 heteroatoms. The van der Waals surface area contributed by atoms with Gasteiger partial charge in [0.25, 0.3) is 0 Å². The summed E-state index contributed by atoms with van der Waals surface area (Å²) < 4.78 is 1.64. The van der Waals surface area contributed by atoms with Gasteiger partial charge in [0.05, 0.1) is 6.54 Å². The monoisotopic (exact) mass is 265 g/mol. The Morgan fingerprint density at radius 1 is 1.68 bits per heavy atom. The van der Waals surface area contributed by atoms with Gasteiger partial charge >= 0.3 is 0 Å². The number of hydrogen-bond acceptors (Lipinski definition) is 4. The van der Waals surface area contributed by atoms with Crippen molar-refractivity contribution >= 4 is 5.91 Å². The van der Waals surface area contributed by atoms with Crippen LogP contribution in [0.25, 0.3) is 0 Å². The van der Waals surface area contributed by atoms with Gasteiger partial charge in [0.1, 0.15) is 6.33 Å². The number of hydrogen-bond donors (Lipinski definition) is 2. The van der Waals surface area contributed by atoms with Crippen molar-refractivity contribution < 1.29 is 4.79 Å². The van der Waals surface area contributed by atoms with E-state index in [-0.39, 0.29) is 5.91 Å². The molecule has 2 N–H and O–H groups in total. The molecule has 106 valence electrons. The van der Waals surface area contributed by atoms with E-state index < -0.39 is 0 Å². The number of piperidine rings is 1. The summed E-state index contributed by atoms with van der Waals surface area (Å²) in [6, 6.07) is 0. The highest BCUT2D eigenvalue weighted by Gasteiger charge is 2.21. The summed E-state index contributed by atoms with van der Waals surface area (Å²) >= 11 is 0. The minimum atomic E-state index is 0.0885. The van der Waals surface area contributed by atoms with E-state index in [1.165, 1.54) is 12.8 Å². The number of amides is 1. The van der Waals surface area contributed by atoms with Gasteiger partial charge in [0.15, 0.2) is 5.82 Å². The fourth-order valence-corrected chi connectivity index (χ4v) is 2.54. The summed E-state index contributed by atoms with van der Waals surface area (Å²) in [6.45, 7) is 4.72. The van der Waals surface area contributed by atoms with Crippen molar-refractivity contribution in [1.29, 1.82) is 0 Å². The lowest BCUT2D eigenvalue weighted by Crippen LogP contribution is -2.35. The number of carbonyl (C=O) groups is 1. The van der Waals surface area contributed by atoms with Crippen molar-refractivity contribution in [1.82, 2.24) is 25.4 Å². The van der Waals surface area contributed by atoms with E-state index in [1.807, 2.05) is 7.05 Å². The van der Waals surface area contributed by atoms with Gasteiger partial charge in [-0.1, -0.05) is 6.92 Å². The van der Waals surface area contributed by atoms with Crippen LogP contribution in [0.3, 0.4) is 0 Å². The number of carbonyl (C=O) groups excluding carboxylic acids is 1. The maximum absolute atomic E-state index is 11.9. The highest BCUT2D eigenvalue weighted by molar-refractivity contribution is 5.76. The second kappa shape index (κ2) is 6.65. The van der Waals surface area contributed by atoms with Gasteiger partial charge < -0.3 is 10.6 Å². The molecule has 2 heterocycles. The van der Waals surface area contributed by atoms with Crippen molar-refractivity contribution in [3.63, 3.8) is 0 Å². The Morgan fingerprint density at radius 2 is 2.53 bits per heavy atom. The summed E-state index contributed by atoms with van der Waals surface area (Å²) in [7, 11) is 1.82. The van der Waals surface area contributed by atoms with Crippen LogP contribution in [0.1, 0.15) is 32.0 Å². The second-order valence-corrected chi connectivity index (χ2v) is 5.40. The van der Waals surface area contributed by atoms with Crippen molar-refractivity contribution in [2.24, 2.45) is 18.9 Å². The largest absolute Gasteiger partial charge is 0.349 e. The molecule has 1 aromatic rings. The molecule has 1 saturated heterocycles. The SMILES string of the molecule is CC(CC(=O)NCc1ncn(C)n1)C1CCCNC1. The first-order valence-electron chi connectivity index (χ1n) is 6.97. The predicted molar refractivity (Wildman–Crippen MR) is 72.2 cm³/mol. The molecule has 0 spiro atoms. The predicted octanol–water partition coefficient (Wildman–Crippen LogP) is 0.457. The summed E-state index contributed by atoms with van der Waals surface area (Å²) in [5.41, 5.74) is 0. The van der Waals surface area contributed by atoms with Crippen molar-refractivity contribution in [2.75, 3.05) is 13.1 Å². The smallest absolute Gasteiger partial charge is 0.220 e. The lowest BCUT2D eigenvalue weighted by atomic mass is 9.85. The Hall–Kier alpha value is -1.43. The molecule has 2 atom stereocenters. The van der Waals surface area contributed by atoms with Gasteiger partial charge in [0.2, 0.25) is 5.91 Å². The van der Waals surface area contributed by atoms with Crippen LogP contribution in [0.15, 0.2) is 6.33 Å². The summed E-state index contributed by atoms with van der Waals surface area (Å²) in [5.74, 6) is 1.78. The Kier molecular flexibility index (Phi) is 4.90. The molecule has 1 aliphatic rings. The Labute approximate surface area is 114 Å². The molecule has 1 aliphatic heterocycles. The lowest BCUT2D eigenvalue weighted by molar-refractivity contribution is -0.122. The number of rotatable bonds is 5. The number of nitrogens with zero attached hydrogens (tertiary/aromatic N) is 3. The minimum Gasteiger partial charge on any atom is -0.349 e. The maximum Gasteiger partial charge on any atom is 0.220 e. The van der Waals surface area contributed by atoms with Crippen molar-refractivity contribution in [3.05, 3.63) is 12.2 Å². The Balaban J connectivity index is 1.71. The third-order valence-corrected chi connectivity index (χ3v) is 3.74. The van der Waals surface area contributed by atoms with Crippen LogP contribution in [-0.2, 0) is 18.4 Å². The molecule has 0 saturated carbocycles. The topological polar surface area (TPSA) is 71.8 Å². The van der Waals surface area contributed by atoms with E-state index in [1.54, 1.807) is 11.0 Å². The first-order chi connectivity index (χ1) is 9.15. The Bertz CT molecular complexity index is 411. The number of aromatic nitrogens is 3. The van der Waals surface area contributed by atoms with Gasteiger partial charge in [-0.3, -0.25) is 9.48 Å². The average Bonchev–Trinajstić information content (AvgIpc) is 2.83. The van der Waals surface area contributed by atoms with E-state index in [0.29, 0.717) is 30.6 Å². The van der Waals surface area contributed by atoms with Crippen LogP contribution in [0.5, 0.6) is 0 Å². The zero-order chi connectivity index (χ0) is 13.7. The van der Waals surface area contributed by atoms with E-state index in [4.69, 9.17) is 0 Å². The quantitative estimate of drug-likeness (QED) is 0.811. The third-order valence-electron chi connectivity index (χ3n) is 3.74. The zero-order valence-corrected chi connectivity index (χ0v) is 11.7. The van der Waals surface area contributed by atoms with Crippen LogP contribution >= 0.6 is 0 Å². The molecule has 19 heavy (non-hydrogen) atoms. The van der Waals surface area contributed by atoms with E-state index >= 15 is 0 Å². The van der Waals surface area contributed by atoms with Crippen molar-refractivity contribution in [3.8, 4) is 0 Å². The van der Waals surface area contributed by atoms with Gasteiger partial charge in [-0.2, -0.15) is 5.10 Å². The summed E-state index contributed by atoms with van der Waals surface area (Å²) in [6.07, 6.45) is 4.66. The lowest BCUT2D eigenvalue weighted by Gasteiger charge is -2.27. The normalized spacial score (nSPS) is 21.1. The highest BCUT2D eigenvalue weighted by atomic mass is 16.1. The molecule has 1 amide bonds. The van der Waals surface area contributed by atoms with E-state index in [0.717, 1.165) is 13.1 Å². The summed E-state index contributed by atoms with van der Waals surface area (Å²) in [5, 5.41) is 10.4. The van der Waals surface area contributed by atoms with Crippen LogP contribution in [0.2, 0.25) is 0 Å². The van der Waals surface area contributed by atoms with Gasteiger partial charge in [-0.15, -0.1) is 0 Å². The van der Waals surface area contributed by atoms with Gasteiger partial charge in [0, 0.05) is 13.5 Å². The first-order valence-corrected chi connectivity index (χ1v) is 6.97. The molecule has 0 aliphatic carbocycles. The average molecular weight is 265 g/mol. The molecule has 0 bridgehead atoms. The highest BCUT2D eigenvalue weighted by Crippen LogP contribution is 2.22. The van der Waals surface area contributed by atoms with Crippen LogP contribution in [0, 0.1) is 11.8 Å². The molecule has 2 unspecified atom stereocenters. The standard InChI is InChI=1S/C13H23N5O/c1-10(11-4-3-5-14-7-11)6-13(19)15-8-12-16-9-18(2)17-12/h9-11,14H,3-8H2,1-2H3,(H,15,19). The molecular formula is C13H23N5O. The fourth-order valence-electron chi connectivity index (χ4n) is 2.54. The number of nitrogens with one attached hydrogen (secondary N) is 2. The first kappa shape index (κ1) is 14.0. The molecular weight excluding hydrogens is 242 g/mol. The molecule has 1 aromatic heterocycles. The van der Waals surface area contributed by atoms with Crippen LogP contribution < -0.4 is 10.6 Å². The van der Waals surface area contributed by atoms with Crippen LogP contribution in [-0.4, -0.2) is 33.8 Å². The van der Waals surface area contributed by atoms with Crippen molar-refractivity contribution in [2.45, 2.75) is 32.7 Å². The fraction of sp³-hybridized carbons (Fsp3) is 0.769. The molecule has 2 rings (SSSR count). The minimum absolute atomic E-state index is 0.0885. The zero-order valence-electron chi connectivity index (χ0n) is 11.7. The van der Waals surface area contributed by atoms with Crippen LogP contribution in [0.4, 0.5) is 0 Å². The molecule has 0 radical (unpaired) electrons. The van der Waals surface area contributed by atoms with E-state index in [2.05, 4.69) is 27.6 Å². The van der Waals surface area contributed by atoms with Gasteiger partial charge in [-0.05, 0) is 37.8 Å². The van der Waals surface area contributed by atoms with E-state index in [9.17, 15) is 4.79 Å². The van der Waals surface area contributed by atoms with Gasteiger partial charge in [-0.25, -0.2) is 4.98 Å². The Morgan fingerprint density at radius 3 is 3.16 bits per heavy atom.